The van der Waals surface area contributed by atoms with E-state index in [9.17, 15) is 0 Å². The van der Waals surface area contributed by atoms with Crippen LogP contribution in [0.4, 0.5) is 5.82 Å². The highest BCUT2D eigenvalue weighted by atomic mass is 15.3. The lowest BCUT2D eigenvalue weighted by Crippen LogP contribution is -2.43. The Hall–Kier alpha value is -1.03. The van der Waals surface area contributed by atoms with Crippen LogP contribution in [0.5, 0.6) is 0 Å². The number of rotatable bonds is 3. The molecular formula is C12H22N4. The standard InChI is InChI=1S/C12H22N4/c1-3-9(2)11-7-12(15-14-11)16-6-4-5-10(13)8-16/h7,9-10H,3-6,8,13H2,1-2H3,(H,14,15). The van der Waals surface area contributed by atoms with Gasteiger partial charge in [0.15, 0.2) is 5.82 Å². The SMILES string of the molecule is CCC(C)c1cc(N2CCCC(N)C2)n[nH]1. The summed E-state index contributed by atoms with van der Waals surface area (Å²) in [7, 11) is 0. The van der Waals surface area contributed by atoms with Crippen LogP contribution in [0, 0.1) is 0 Å². The van der Waals surface area contributed by atoms with Gasteiger partial charge in [-0.3, -0.25) is 5.10 Å². The molecule has 2 atom stereocenters. The number of hydrogen-bond acceptors (Lipinski definition) is 3. The fraction of sp³-hybridized carbons (Fsp3) is 0.750. The molecule has 0 bridgehead atoms. The van der Waals surface area contributed by atoms with Crippen LogP contribution in [0.1, 0.15) is 44.7 Å². The highest BCUT2D eigenvalue weighted by molar-refractivity contribution is 5.40. The molecule has 4 heteroatoms. The predicted molar refractivity (Wildman–Crippen MR) is 66.7 cm³/mol. The second kappa shape index (κ2) is 4.87. The van der Waals surface area contributed by atoms with Gasteiger partial charge in [-0.05, 0) is 25.2 Å². The third-order valence-electron chi connectivity index (χ3n) is 3.51. The number of hydrogen-bond donors (Lipinski definition) is 2. The second-order valence-corrected chi connectivity index (χ2v) is 4.84. The molecule has 0 amide bonds. The summed E-state index contributed by atoms with van der Waals surface area (Å²) in [4.78, 5) is 2.29. The van der Waals surface area contributed by atoms with E-state index in [0.29, 0.717) is 12.0 Å². The Morgan fingerprint density at radius 3 is 3.19 bits per heavy atom. The molecule has 1 aliphatic heterocycles. The lowest BCUT2D eigenvalue weighted by molar-refractivity contribution is 0.503. The Bertz CT molecular complexity index is 334. The average molecular weight is 222 g/mol. The number of nitrogens with one attached hydrogen (secondary N) is 1. The van der Waals surface area contributed by atoms with E-state index in [1.54, 1.807) is 0 Å². The molecule has 1 aromatic heterocycles. The minimum atomic E-state index is 0.303. The van der Waals surface area contributed by atoms with Gasteiger partial charge in [0.05, 0.1) is 0 Å². The second-order valence-electron chi connectivity index (χ2n) is 4.84. The number of nitrogens with zero attached hydrogens (tertiary/aromatic N) is 2. The Balaban J connectivity index is 2.06. The van der Waals surface area contributed by atoms with Crippen molar-refractivity contribution in [3.05, 3.63) is 11.8 Å². The molecule has 4 nitrogen and oxygen atoms in total. The number of nitrogens with two attached hydrogens (primary N) is 1. The van der Waals surface area contributed by atoms with E-state index in [1.807, 2.05) is 0 Å². The summed E-state index contributed by atoms with van der Waals surface area (Å²) in [5.74, 6) is 1.62. The maximum atomic E-state index is 5.98. The van der Waals surface area contributed by atoms with E-state index in [-0.39, 0.29) is 0 Å². The maximum Gasteiger partial charge on any atom is 0.150 e. The van der Waals surface area contributed by atoms with Gasteiger partial charge >= 0.3 is 0 Å². The topological polar surface area (TPSA) is 57.9 Å². The fourth-order valence-corrected chi connectivity index (χ4v) is 2.18. The van der Waals surface area contributed by atoms with Gasteiger partial charge in [0.2, 0.25) is 0 Å². The van der Waals surface area contributed by atoms with Crippen LogP contribution < -0.4 is 10.6 Å². The predicted octanol–water partition coefficient (Wildman–Crippen LogP) is 1.85. The van der Waals surface area contributed by atoms with Gasteiger partial charge < -0.3 is 10.6 Å². The lowest BCUT2D eigenvalue weighted by Gasteiger charge is -2.30. The highest BCUT2D eigenvalue weighted by Crippen LogP contribution is 2.22. The molecule has 1 fully saturated rings. The third-order valence-corrected chi connectivity index (χ3v) is 3.51. The van der Waals surface area contributed by atoms with Crippen molar-refractivity contribution in [1.82, 2.24) is 10.2 Å². The van der Waals surface area contributed by atoms with Crippen LogP contribution in [0.3, 0.4) is 0 Å². The van der Waals surface area contributed by atoms with Crippen molar-refractivity contribution in [2.45, 2.75) is 45.1 Å². The van der Waals surface area contributed by atoms with Crippen LogP contribution in [0.25, 0.3) is 0 Å². The Kier molecular flexibility index (Phi) is 3.49. The fourth-order valence-electron chi connectivity index (χ4n) is 2.18. The molecule has 90 valence electrons. The minimum absolute atomic E-state index is 0.303. The van der Waals surface area contributed by atoms with Crippen LogP contribution >= 0.6 is 0 Å². The number of anilines is 1. The number of aromatic amines is 1. The van der Waals surface area contributed by atoms with Crippen molar-refractivity contribution in [2.75, 3.05) is 18.0 Å². The summed E-state index contributed by atoms with van der Waals surface area (Å²) < 4.78 is 0. The van der Waals surface area contributed by atoms with Crippen molar-refractivity contribution in [2.24, 2.45) is 5.73 Å². The van der Waals surface area contributed by atoms with Crippen LogP contribution in [-0.2, 0) is 0 Å². The van der Waals surface area contributed by atoms with E-state index >= 15 is 0 Å². The molecule has 0 aliphatic carbocycles. The summed E-state index contributed by atoms with van der Waals surface area (Å²) in [6, 6.07) is 2.48. The van der Waals surface area contributed by atoms with Gasteiger partial charge in [-0.15, -0.1) is 0 Å². The van der Waals surface area contributed by atoms with Gasteiger partial charge in [0.1, 0.15) is 0 Å². The van der Waals surface area contributed by atoms with Gasteiger partial charge in [0.25, 0.3) is 0 Å². The van der Waals surface area contributed by atoms with Gasteiger partial charge in [-0.2, -0.15) is 5.10 Å². The molecule has 2 heterocycles. The first-order valence-electron chi connectivity index (χ1n) is 6.26. The van der Waals surface area contributed by atoms with Crippen molar-refractivity contribution < 1.29 is 0 Å². The molecule has 1 aromatic rings. The maximum absolute atomic E-state index is 5.98. The van der Waals surface area contributed by atoms with Crippen molar-refractivity contribution in [3.63, 3.8) is 0 Å². The molecule has 1 aliphatic rings. The number of H-pyrrole nitrogens is 1. The first-order valence-corrected chi connectivity index (χ1v) is 6.26. The van der Waals surface area contributed by atoms with E-state index in [2.05, 4.69) is 35.0 Å². The monoisotopic (exact) mass is 222 g/mol. The normalized spacial score (nSPS) is 23.4. The largest absolute Gasteiger partial charge is 0.354 e. The molecule has 0 saturated carbocycles. The quantitative estimate of drug-likeness (QED) is 0.820. The summed E-state index contributed by atoms with van der Waals surface area (Å²) in [5, 5.41) is 7.52. The van der Waals surface area contributed by atoms with Gasteiger partial charge in [0, 0.05) is 30.9 Å². The molecule has 0 radical (unpaired) electrons. The average Bonchev–Trinajstić information content (AvgIpc) is 2.77. The zero-order chi connectivity index (χ0) is 11.5. The summed E-state index contributed by atoms with van der Waals surface area (Å²) in [6.45, 7) is 6.44. The van der Waals surface area contributed by atoms with Crippen molar-refractivity contribution in [3.8, 4) is 0 Å². The number of aromatic nitrogens is 2. The summed E-state index contributed by atoms with van der Waals surface area (Å²) in [5.41, 5.74) is 7.21. The molecule has 16 heavy (non-hydrogen) atoms. The van der Waals surface area contributed by atoms with Crippen LogP contribution in [-0.4, -0.2) is 29.3 Å². The smallest absolute Gasteiger partial charge is 0.150 e. The zero-order valence-corrected chi connectivity index (χ0v) is 10.2. The van der Waals surface area contributed by atoms with E-state index in [0.717, 1.165) is 31.7 Å². The summed E-state index contributed by atoms with van der Waals surface area (Å²) >= 11 is 0. The molecule has 0 aromatic carbocycles. The molecular weight excluding hydrogens is 200 g/mol. The van der Waals surface area contributed by atoms with E-state index < -0.39 is 0 Å². The molecule has 1 saturated heterocycles. The Morgan fingerprint density at radius 2 is 2.50 bits per heavy atom. The third kappa shape index (κ3) is 2.38. The zero-order valence-electron chi connectivity index (χ0n) is 10.2. The Labute approximate surface area is 97.2 Å². The minimum Gasteiger partial charge on any atom is -0.354 e. The van der Waals surface area contributed by atoms with Crippen molar-refractivity contribution >= 4 is 5.82 Å². The van der Waals surface area contributed by atoms with Gasteiger partial charge in [-0.25, -0.2) is 0 Å². The van der Waals surface area contributed by atoms with Crippen LogP contribution in [0.15, 0.2) is 6.07 Å². The van der Waals surface area contributed by atoms with E-state index in [4.69, 9.17) is 5.73 Å². The molecule has 3 N–H and O–H groups in total. The molecule has 2 rings (SSSR count). The van der Waals surface area contributed by atoms with Gasteiger partial charge in [-0.1, -0.05) is 13.8 Å². The lowest BCUT2D eigenvalue weighted by atomic mass is 10.0. The first kappa shape index (κ1) is 11.5. The van der Waals surface area contributed by atoms with Crippen LogP contribution in [0.2, 0.25) is 0 Å². The molecule has 0 spiro atoms. The van der Waals surface area contributed by atoms with Crippen molar-refractivity contribution in [1.29, 1.82) is 0 Å². The Morgan fingerprint density at radius 1 is 1.69 bits per heavy atom. The first-order chi connectivity index (χ1) is 7.70. The molecule has 2 unspecified atom stereocenters. The summed E-state index contributed by atoms with van der Waals surface area (Å²) in [6.07, 6.45) is 3.45. The highest BCUT2D eigenvalue weighted by Gasteiger charge is 2.19. The number of piperidine rings is 1. The van der Waals surface area contributed by atoms with E-state index in [1.165, 1.54) is 12.1 Å².